The lowest BCUT2D eigenvalue weighted by Gasteiger charge is -2.13. The normalized spacial score (nSPS) is 14.2. The van der Waals surface area contributed by atoms with Crippen molar-refractivity contribution in [1.29, 1.82) is 0 Å². The van der Waals surface area contributed by atoms with Crippen LogP contribution in [0.1, 0.15) is 48.2 Å². The van der Waals surface area contributed by atoms with Crippen LogP contribution in [0.25, 0.3) is 5.69 Å². The largest absolute Gasteiger partial charge is 0.349 e. The van der Waals surface area contributed by atoms with Gasteiger partial charge in [-0.05, 0) is 44.4 Å². The molecule has 2 aromatic carbocycles. The number of rotatable bonds is 7. The minimum absolute atomic E-state index is 0.139. The summed E-state index contributed by atoms with van der Waals surface area (Å²) in [7, 11) is 0. The first kappa shape index (κ1) is 20.7. The highest BCUT2D eigenvalue weighted by atomic mass is 32.2. The van der Waals surface area contributed by atoms with E-state index in [4.69, 9.17) is 0 Å². The van der Waals surface area contributed by atoms with Crippen molar-refractivity contribution in [1.82, 2.24) is 20.1 Å². The van der Waals surface area contributed by atoms with Gasteiger partial charge in [0.25, 0.3) is 0 Å². The van der Waals surface area contributed by atoms with Crippen LogP contribution in [0.2, 0.25) is 0 Å². The van der Waals surface area contributed by atoms with Crippen molar-refractivity contribution in [3.05, 3.63) is 71.0 Å². The van der Waals surface area contributed by atoms with Gasteiger partial charge in [-0.3, -0.25) is 9.36 Å². The predicted octanol–water partition coefficient (Wildman–Crippen LogP) is 4.98. The van der Waals surface area contributed by atoms with Crippen LogP contribution in [-0.4, -0.2) is 20.7 Å². The van der Waals surface area contributed by atoms with E-state index in [0.717, 1.165) is 48.1 Å². The zero-order chi connectivity index (χ0) is 20.9. The predicted molar refractivity (Wildman–Crippen MR) is 121 cm³/mol. The van der Waals surface area contributed by atoms with Crippen molar-refractivity contribution in [3.8, 4) is 5.69 Å². The molecule has 1 amide bonds. The van der Waals surface area contributed by atoms with Gasteiger partial charge in [-0.15, -0.1) is 10.2 Å². The number of carbonyl (C=O) groups is 1. The van der Waals surface area contributed by atoms with Gasteiger partial charge in [-0.25, -0.2) is 0 Å². The molecule has 5 nitrogen and oxygen atoms in total. The lowest BCUT2D eigenvalue weighted by molar-refractivity contribution is -0.125. The highest BCUT2D eigenvalue weighted by Gasteiger charge is 2.23. The fourth-order valence-electron chi connectivity index (χ4n) is 3.91. The highest BCUT2D eigenvalue weighted by molar-refractivity contribution is 7.98. The maximum absolute atomic E-state index is 12.5. The number of amides is 1. The van der Waals surface area contributed by atoms with E-state index in [9.17, 15) is 4.79 Å². The Morgan fingerprint density at radius 1 is 1.07 bits per heavy atom. The second kappa shape index (κ2) is 9.47. The molecule has 1 aliphatic carbocycles. The van der Waals surface area contributed by atoms with Gasteiger partial charge in [-0.2, -0.15) is 0 Å². The summed E-state index contributed by atoms with van der Waals surface area (Å²) in [5, 5.41) is 12.8. The van der Waals surface area contributed by atoms with E-state index >= 15 is 0 Å². The van der Waals surface area contributed by atoms with Gasteiger partial charge in [0.05, 0.1) is 6.54 Å². The fraction of sp³-hybridized carbons (Fsp3) is 0.375. The van der Waals surface area contributed by atoms with Gasteiger partial charge in [0.1, 0.15) is 0 Å². The molecule has 30 heavy (non-hydrogen) atoms. The molecule has 1 fully saturated rings. The molecule has 1 aliphatic rings. The van der Waals surface area contributed by atoms with Gasteiger partial charge in [-0.1, -0.05) is 72.1 Å². The Kier molecular flexibility index (Phi) is 6.53. The second-order valence-electron chi connectivity index (χ2n) is 8.05. The molecule has 0 aliphatic heterocycles. The molecule has 1 aromatic heterocycles. The number of nitrogens with zero attached hydrogens (tertiary/aromatic N) is 3. The average molecular weight is 421 g/mol. The molecule has 1 N–H and O–H groups in total. The Morgan fingerprint density at radius 2 is 1.83 bits per heavy atom. The molecule has 3 aromatic rings. The second-order valence-corrected chi connectivity index (χ2v) is 8.99. The summed E-state index contributed by atoms with van der Waals surface area (Å²) in [6.45, 7) is 4.57. The standard InChI is InChI=1S/C24H28N4OS/c1-17-10-12-21(13-11-17)28-22(15-25-23(29)20-8-3-4-9-20)26-27-24(28)30-16-19-7-5-6-18(2)14-19/h5-7,10-14,20H,3-4,8-9,15-16H2,1-2H3,(H,25,29). The Hall–Kier alpha value is -2.60. The monoisotopic (exact) mass is 420 g/mol. The molecule has 1 heterocycles. The van der Waals surface area contributed by atoms with Gasteiger partial charge in [0, 0.05) is 17.4 Å². The van der Waals surface area contributed by atoms with Crippen LogP contribution in [0.3, 0.4) is 0 Å². The molecular formula is C24H28N4OS. The number of aromatic nitrogens is 3. The number of aryl methyl sites for hydroxylation is 2. The van der Waals surface area contributed by atoms with Gasteiger partial charge >= 0.3 is 0 Å². The lowest BCUT2D eigenvalue weighted by Crippen LogP contribution is -2.29. The number of benzene rings is 2. The van der Waals surface area contributed by atoms with Crippen molar-refractivity contribution in [2.24, 2.45) is 5.92 Å². The molecule has 0 radical (unpaired) electrons. The summed E-state index contributed by atoms with van der Waals surface area (Å²) < 4.78 is 2.06. The minimum Gasteiger partial charge on any atom is -0.349 e. The zero-order valence-corrected chi connectivity index (χ0v) is 18.4. The van der Waals surface area contributed by atoms with Gasteiger partial charge in [0.2, 0.25) is 5.91 Å². The van der Waals surface area contributed by atoms with Crippen LogP contribution < -0.4 is 5.32 Å². The Labute approximate surface area is 182 Å². The molecule has 0 unspecified atom stereocenters. The third-order valence-corrected chi connectivity index (χ3v) is 6.59. The Balaban J connectivity index is 1.54. The molecule has 6 heteroatoms. The van der Waals surface area contributed by atoms with E-state index in [2.05, 4.69) is 82.5 Å². The maximum Gasteiger partial charge on any atom is 0.223 e. The highest BCUT2D eigenvalue weighted by Crippen LogP contribution is 2.27. The summed E-state index contributed by atoms with van der Waals surface area (Å²) in [4.78, 5) is 12.5. The zero-order valence-electron chi connectivity index (χ0n) is 17.6. The summed E-state index contributed by atoms with van der Waals surface area (Å²) in [5.74, 6) is 1.87. The van der Waals surface area contributed by atoms with Crippen molar-refractivity contribution < 1.29 is 4.79 Å². The van der Waals surface area contributed by atoms with Crippen molar-refractivity contribution in [2.75, 3.05) is 0 Å². The first-order chi connectivity index (χ1) is 14.6. The van der Waals surface area contributed by atoms with Gasteiger partial charge in [0.15, 0.2) is 11.0 Å². The molecule has 0 saturated heterocycles. The van der Waals surface area contributed by atoms with Crippen molar-refractivity contribution in [2.45, 2.75) is 57.0 Å². The maximum atomic E-state index is 12.5. The summed E-state index contributed by atoms with van der Waals surface area (Å²) >= 11 is 1.66. The Bertz CT molecular complexity index is 1010. The first-order valence-electron chi connectivity index (χ1n) is 10.6. The fourth-order valence-corrected chi connectivity index (χ4v) is 4.82. The van der Waals surface area contributed by atoms with E-state index in [1.807, 2.05) is 0 Å². The van der Waals surface area contributed by atoms with Crippen LogP contribution in [0.5, 0.6) is 0 Å². The van der Waals surface area contributed by atoms with Crippen LogP contribution >= 0.6 is 11.8 Å². The number of nitrogens with one attached hydrogen (secondary N) is 1. The van der Waals surface area contributed by atoms with E-state index in [1.165, 1.54) is 16.7 Å². The molecular weight excluding hydrogens is 392 g/mol. The SMILES string of the molecule is Cc1ccc(-n2c(CNC(=O)C3CCCC3)nnc2SCc2cccc(C)c2)cc1. The van der Waals surface area contributed by atoms with Crippen LogP contribution in [0.4, 0.5) is 0 Å². The molecule has 0 bridgehead atoms. The quantitative estimate of drug-likeness (QED) is 0.548. The molecule has 4 rings (SSSR count). The van der Waals surface area contributed by atoms with Crippen molar-refractivity contribution in [3.63, 3.8) is 0 Å². The topological polar surface area (TPSA) is 59.8 Å². The smallest absolute Gasteiger partial charge is 0.223 e. The number of carbonyl (C=O) groups excluding carboxylic acids is 1. The molecule has 0 spiro atoms. The van der Waals surface area contributed by atoms with E-state index in [0.29, 0.717) is 6.54 Å². The van der Waals surface area contributed by atoms with E-state index in [1.54, 1.807) is 11.8 Å². The van der Waals surface area contributed by atoms with Crippen molar-refractivity contribution >= 4 is 17.7 Å². The van der Waals surface area contributed by atoms with Crippen LogP contribution in [0, 0.1) is 19.8 Å². The summed E-state index contributed by atoms with van der Waals surface area (Å²) in [6, 6.07) is 16.9. The summed E-state index contributed by atoms with van der Waals surface area (Å²) in [5.41, 5.74) is 4.73. The molecule has 1 saturated carbocycles. The molecule has 0 atom stereocenters. The van der Waals surface area contributed by atoms with E-state index < -0.39 is 0 Å². The van der Waals surface area contributed by atoms with Gasteiger partial charge < -0.3 is 5.32 Å². The first-order valence-corrected chi connectivity index (χ1v) is 11.6. The third-order valence-electron chi connectivity index (χ3n) is 5.59. The Morgan fingerprint density at radius 3 is 2.57 bits per heavy atom. The summed E-state index contributed by atoms with van der Waals surface area (Å²) in [6.07, 6.45) is 4.29. The third kappa shape index (κ3) is 4.93. The minimum atomic E-state index is 0.139. The van der Waals surface area contributed by atoms with E-state index in [-0.39, 0.29) is 11.8 Å². The number of hydrogen-bond acceptors (Lipinski definition) is 4. The van der Waals surface area contributed by atoms with Crippen LogP contribution in [0.15, 0.2) is 53.7 Å². The lowest BCUT2D eigenvalue weighted by atomic mass is 10.1. The number of thioether (sulfide) groups is 1. The molecule has 156 valence electrons. The average Bonchev–Trinajstić information content (AvgIpc) is 3.41. The number of hydrogen-bond donors (Lipinski definition) is 1. The van der Waals surface area contributed by atoms with Crippen LogP contribution in [-0.2, 0) is 17.1 Å².